The second kappa shape index (κ2) is 12.2. The zero-order valence-corrected chi connectivity index (χ0v) is 22.2. The Kier molecular flexibility index (Phi) is 8.76. The zero-order valence-electron chi connectivity index (χ0n) is 22.2. The molecule has 9 heteroatoms. The topological polar surface area (TPSA) is 97.6 Å². The van der Waals surface area contributed by atoms with Crippen molar-refractivity contribution in [3.05, 3.63) is 71.9 Å². The third-order valence-electron chi connectivity index (χ3n) is 6.33. The van der Waals surface area contributed by atoms with E-state index in [4.69, 9.17) is 9.26 Å². The minimum Gasteiger partial charge on any atom is -0.444 e. The molecule has 1 saturated heterocycles. The Bertz CT molecular complexity index is 1210. The summed E-state index contributed by atoms with van der Waals surface area (Å²) in [4.78, 5) is 32.4. The third kappa shape index (κ3) is 7.40. The fourth-order valence-corrected chi connectivity index (χ4v) is 4.60. The summed E-state index contributed by atoms with van der Waals surface area (Å²) in [5.41, 5.74) is 0.550. The van der Waals surface area contributed by atoms with Crippen molar-refractivity contribution in [1.82, 2.24) is 20.4 Å². The summed E-state index contributed by atoms with van der Waals surface area (Å²) in [5, 5.41) is 6.90. The Hall–Kier alpha value is -3.75. The lowest BCUT2D eigenvalue weighted by Crippen LogP contribution is -2.43. The van der Waals surface area contributed by atoms with Crippen LogP contribution in [0.3, 0.4) is 0 Å². The molecule has 1 aromatic carbocycles. The average molecular weight is 523 g/mol. The van der Waals surface area contributed by atoms with Crippen LogP contribution in [0, 0.1) is 0 Å². The number of hydrogen-bond acceptors (Lipinski definition) is 6. The number of aromatic nitrogens is 2. The molecule has 2 aromatic rings. The van der Waals surface area contributed by atoms with Crippen molar-refractivity contribution < 1.29 is 23.2 Å². The summed E-state index contributed by atoms with van der Waals surface area (Å²) in [7, 11) is 0. The van der Waals surface area contributed by atoms with Crippen LogP contribution in [0.1, 0.15) is 71.2 Å². The molecule has 2 amide bonds. The Morgan fingerprint density at radius 1 is 1.18 bits per heavy atom. The molecule has 1 unspecified atom stereocenters. The molecule has 1 aliphatic carbocycles. The summed E-state index contributed by atoms with van der Waals surface area (Å²) in [5.74, 6) is 0.297. The highest BCUT2D eigenvalue weighted by molar-refractivity contribution is 5.78. The minimum atomic E-state index is -0.708. The van der Waals surface area contributed by atoms with E-state index in [1.54, 1.807) is 37.8 Å². The first-order valence-corrected chi connectivity index (χ1v) is 13.1. The molecule has 1 aliphatic heterocycles. The molecule has 38 heavy (non-hydrogen) atoms. The fourth-order valence-electron chi connectivity index (χ4n) is 4.60. The Morgan fingerprint density at radius 2 is 1.92 bits per heavy atom. The van der Waals surface area contributed by atoms with Gasteiger partial charge in [0.15, 0.2) is 0 Å². The monoisotopic (exact) mass is 522 g/mol. The average Bonchev–Trinajstić information content (AvgIpc) is 3.53. The van der Waals surface area contributed by atoms with E-state index >= 15 is 0 Å². The first-order chi connectivity index (χ1) is 18.2. The van der Waals surface area contributed by atoms with Gasteiger partial charge in [-0.1, -0.05) is 53.7 Å². The molecular formula is C29H35FN4O4. The smallest absolute Gasteiger partial charge is 0.407 e. The molecule has 1 fully saturated rings. The molecule has 1 aromatic heterocycles. The molecule has 0 saturated carbocycles. The number of likely N-dealkylation sites (tertiary alicyclic amines) is 1. The maximum Gasteiger partial charge on any atom is 0.407 e. The van der Waals surface area contributed by atoms with Crippen molar-refractivity contribution in [3.8, 4) is 11.4 Å². The highest BCUT2D eigenvalue weighted by atomic mass is 19.1. The predicted octanol–water partition coefficient (Wildman–Crippen LogP) is 6.20. The van der Waals surface area contributed by atoms with Crippen molar-refractivity contribution in [3.63, 3.8) is 0 Å². The van der Waals surface area contributed by atoms with E-state index in [1.165, 1.54) is 6.08 Å². The first-order valence-electron chi connectivity index (χ1n) is 13.1. The minimum absolute atomic E-state index is 0.0241. The first kappa shape index (κ1) is 27.3. The molecule has 2 aliphatic rings. The quantitative estimate of drug-likeness (QED) is 0.465. The molecule has 0 radical (unpaired) electrons. The second-order valence-electron chi connectivity index (χ2n) is 10.6. The highest BCUT2D eigenvalue weighted by Crippen LogP contribution is 2.33. The number of halogens is 1. The number of allylic oxidation sites excluding steroid dienone is 5. The van der Waals surface area contributed by atoms with Gasteiger partial charge in [-0.25, -0.2) is 9.18 Å². The predicted molar refractivity (Wildman–Crippen MR) is 141 cm³/mol. The van der Waals surface area contributed by atoms with Crippen LogP contribution in [0.25, 0.3) is 11.4 Å². The molecule has 0 bridgehead atoms. The van der Waals surface area contributed by atoms with E-state index in [-0.39, 0.29) is 30.6 Å². The van der Waals surface area contributed by atoms with E-state index in [0.717, 1.165) is 24.8 Å². The van der Waals surface area contributed by atoms with Gasteiger partial charge in [0.1, 0.15) is 17.5 Å². The number of rotatable bonds is 7. The van der Waals surface area contributed by atoms with Crippen LogP contribution in [-0.4, -0.2) is 45.2 Å². The number of benzene rings is 1. The van der Waals surface area contributed by atoms with Crippen LogP contribution >= 0.6 is 0 Å². The van der Waals surface area contributed by atoms with Gasteiger partial charge in [0.05, 0.1) is 0 Å². The standard InChI is InChI=1S/C29H35FN4O4/c1-29(2,3)37-28(36)31-22(18-21-14-7-4-5-10-15-23(21)30)19-25(35)34-17-11-16-24(34)27-32-26(33-38-27)20-12-8-6-9-13-20/h6-10,12-15,22,24H,4-5,11,16-19H2,1-3H3,(H,31,36)/b14-7-,15-10?,23-21-/t22?,24-/m0/s1. The molecule has 202 valence electrons. The van der Waals surface area contributed by atoms with Crippen molar-refractivity contribution in [2.24, 2.45) is 0 Å². The number of hydrogen-bond donors (Lipinski definition) is 1. The number of nitrogens with one attached hydrogen (secondary N) is 1. The summed E-state index contributed by atoms with van der Waals surface area (Å²) in [6.45, 7) is 5.83. The van der Waals surface area contributed by atoms with Crippen molar-refractivity contribution in [1.29, 1.82) is 0 Å². The largest absolute Gasteiger partial charge is 0.444 e. The lowest BCUT2D eigenvalue weighted by Gasteiger charge is -2.27. The fraction of sp³-hybridized carbons (Fsp3) is 0.448. The molecule has 1 N–H and O–H groups in total. The van der Waals surface area contributed by atoms with Crippen LogP contribution < -0.4 is 5.32 Å². The van der Waals surface area contributed by atoms with E-state index in [9.17, 15) is 14.0 Å². The molecule has 8 nitrogen and oxygen atoms in total. The number of ether oxygens (including phenoxy) is 1. The molecule has 2 atom stereocenters. The van der Waals surface area contributed by atoms with Gasteiger partial charge in [-0.2, -0.15) is 4.98 Å². The van der Waals surface area contributed by atoms with Gasteiger partial charge in [0.25, 0.3) is 0 Å². The van der Waals surface area contributed by atoms with Crippen molar-refractivity contribution in [2.75, 3.05) is 6.54 Å². The number of alkyl carbamates (subject to hydrolysis) is 1. The summed E-state index contributed by atoms with van der Waals surface area (Å²) in [6.07, 6.45) is 9.37. The molecule has 2 heterocycles. The highest BCUT2D eigenvalue weighted by Gasteiger charge is 2.35. The SMILES string of the molecule is CC(C)(C)OC(=O)NC(CC(=O)N1CCC[C@H]1c1nc(-c2ccccc2)no1)CC1=C(\F)C=CCC/C=C\1. The number of carbonyl (C=O) groups is 2. The van der Waals surface area contributed by atoms with Crippen LogP contribution in [-0.2, 0) is 9.53 Å². The summed E-state index contributed by atoms with van der Waals surface area (Å²) >= 11 is 0. The lowest BCUT2D eigenvalue weighted by molar-refractivity contribution is -0.133. The normalized spacial score (nSPS) is 21.5. The maximum absolute atomic E-state index is 14.8. The van der Waals surface area contributed by atoms with Crippen LogP contribution in [0.5, 0.6) is 0 Å². The van der Waals surface area contributed by atoms with Gasteiger partial charge >= 0.3 is 6.09 Å². The Morgan fingerprint density at radius 3 is 2.66 bits per heavy atom. The molecule has 4 rings (SSSR count). The maximum atomic E-state index is 14.8. The van der Waals surface area contributed by atoms with Gasteiger partial charge in [0.2, 0.25) is 17.6 Å². The van der Waals surface area contributed by atoms with Gasteiger partial charge in [-0.05, 0) is 64.5 Å². The van der Waals surface area contributed by atoms with Gasteiger partial charge in [0, 0.05) is 24.6 Å². The molecule has 0 spiro atoms. The Labute approximate surface area is 222 Å². The van der Waals surface area contributed by atoms with Crippen molar-refractivity contribution in [2.45, 2.75) is 77.0 Å². The number of carbonyl (C=O) groups excluding carboxylic acids is 2. The van der Waals surface area contributed by atoms with Gasteiger partial charge in [-0.3, -0.25) is 4.79 Å². The van der Waals surface area contributed by atoms with Gasteiger partial charge in [-0.15, -0.1) is 0 Å². The second-order valence-corrected chi connectivity index (χ2v) is 10.6. The lowest BCUT2D eigenvalue weighted by atomic mass is 9.99. The summed E-state index contributed by atoms with van der Waals surface area (Å²) in [6, 6.07) is 8.47. The Balaban J connectivity index is 1.51. The van der Waals surface area contributed by atoms with E-state index < -0.39 is 17.7 Å². The summed E-state index contributed by atoms with van der Waals surface area (Å²) < 4.78 is 25.8. The van der Waals surface area contributed by atoms with Crippen LogP contribution in [0.4, 0.5) is 9.18 Å². The van der Waals surface area contributed by atoms with Crippen LogP contribution in [0.2, 0.25) is 0 Å². The molecular weight excluding hydrogens is 487 g/mol. The van der Waals surface area contributed by atoms with E-state index in [1.807, 2.05) is 36.4 Å². The van der Waals surface area contributed by atoms with E-state index in [2.05, 4.69) is 15.5 Å². The number of nitrogens with zero attached hydrogens (tertiary/aromatic N) is 3. The van der Waals surface area contributed by atoms with Gasteiger partial charge < -0.3 is 19.5 Å². The van der Waals surface area contributed by atoms with E-state index in [0.29, 0.717) is 30.3 Å². The number of amides is 2. The van der Waals surface area contributed by atoms with Crippen molar-refractivity contribution >= 4 is 12.0 Å². The zero-order chi connectivity index (χ0) is 27.1. The van der Waals surface area contributed by atoms with Crippen LogP contribution in [0.15, 0.2) is 70.6 Å². The third-order valence-corrected chi connectivity index (χ3v) is 6.33.